The molecular weight excluding hydrogens is 453 g/mol. The number of hydrogen-bond acceptors (Lipinski definition) is 3. The molecule has 1 heterocycles. The second kappa shape index (κ2) is 11.3. The predicted octanol–water partition coefficient (Wildman–Crippen LogP) is 7.40. The largest absolute Gasteiger partial charge is 0.419 e. The zero-order valence-corrected chi connectivity index (χ0v) is 19.4. The number of rotatable bonds is 7. The summed E-state index contributed by atoms with van der Waals surface area (Å²) >= 11 is 0. The number of nitrogens with one attached hydrogen (secondary N) is 2. The molecule has 0 spiro atoms. The van der Waals surface area contributed by atoms with E-state index in [-0.39, 0.29) is 42.5 Å². The number of alkyl halides is 3. The maximum Gasteiger partial charge on any atom is 0.419 e. The van der Waals surface area contributed by atoms with E-state index in [9.17, 15) is 17.6 Å². The highest BCUT2D eigenvalue weighted by molar-refractivity contribution is 5.85. The quantitative estimate of drug-likeness (QED) is 0.404. The number of hydrogen-bond donors (Lipinski definition) is 2. The predicted molar refractivity (Wildman–Crippen MR) is 121 cm³/mol. The Balaban J connectivity index is 0.00000240. The Hall–Kier alpha value is -1.57. The van der Waals surface area contributed by atoms with Gasteiger partial charge in [0.1, 0.15) is 5.82 Å². The van der Waals surface area contributed by atoms with Crippen LogP contribution in [0.4, 0.5) is 29.1 Å². The van der Waals surface area contributed by atoms with Crippen molar-refractivity contribution < 1.29 is 17.6 Å². The second-order valence-corrected chi connectivity index (χ2v) is 8.03. The van der Waals surface area contributed by atoms with Crippen molar-refractivity contribution in [2.75, 3.05) is 11.9 Å². The maximum absolute atomic E-state index is 14.5. The molecule has 3 nitrogen and oxygen atoms in total. The second-order valence-electron chi connectivity index (χ2n) is 8.03. The summed E-state index contributed by atoms with van der Waals surface area (Å²) in [5, 5.41) is 6.34. The van der Waals surface area contributed by atoms with Crippen molar-refractivity contribution in [1.82, 2.24) is 10.3 Å². The zero-order chi connectivity index (χ0) is 21.2. The van der Waals surface area contributed by atoms with Gasteiger partial charge in [-0.1, -0.05) is 26.3 Å². The molecule has 174 valence electrons. The molecule has 0 amide bonds. The van der Waals surface area contributed by atoms with E-state index in [1.807, 2.05) is 26.8 Å². The highest BCUT2D eigenvalue weighted by Crippen LogP contribution is 2.37. The van der Waals surface area contributed by atoms with Crippen LogP contribution in [0.5, 0.6) is 0 Å². The monoisotopic (exact) mass is 481 g/mol. The third kappa shape index (κ3) is 6.46. The minimum atomic E-state index is -4.75. The molecule has 1 aromatic heterocycles. The Kier molecular flexibility index (Phi) is 10.0. The van der Waals surface area contributed by atoms with Gasteiger partial charge in [0.2, 0.25) is 0 Å². The summed E-state index contributed by atoms with van der Waals surface area (Å²) in [5.74, 6) is -0.0948. The van der Waals surface area contributed by atoms with E-state index in [2.05, 4.69) is 15.6 Å². The molecule has 1 atom stereocenters. The molecule has 9 heteroatoms. The molecule has 0 aliphatic heterocycles. The first-order valence-corrected chi connectivity index (χ1v) is 10.0. The Morgan fingerprint density at radius 2 is 1.77 bits per heavy atom. The van der Waals surface area contributed by atoms with E-state index in [4.69, 9.17) is 0 Å². The molecule has 1 aliphatic carbocycles. The van der Waals surface area contributed by atoms with E-state index >= 15 is 0 Å². The highest BCUT2D eigenvalue weighted by atomic mass is 35.5. The Bertz CT molecular complexity index is 855. The summed E-state index contributed by atoms with van der Waals surface area (Å²) in [7, 11) is 0. The van der Waals surface area contributed by atoms with Crippen molar-refractivity contribution in [1.29, 1.82) is 0 Å². The molecule has 1 aromatic carbocycles. The van der Waals surface area contributed by atoms with E-state index in [0.29, 0.717) is 11.7 Å². The van der Waals surface area contributed by atoms with Crippen molar-refractivity contribution in [3.8, 4) is 0 Å². The van der Waals surface area contributed by atoms with Crippen molar-refractivity contribution in [3.05, 3.63) is 53.0 Å². The molecular formula is C22H29Cl2F4N3. The van der Waals surface area contributed by atoms with Crippen molar-refractivity contribution in [2.24, 2.45) is 5.92 Å². The van der Waals surface area contributed by atoms with Crippen LogP contribution in [0.15, 0.2) is 30.5 Å². The fourth-order valence-electron chi connectivity index (χ4n) is 3.66. The molecule has 0 bridgehead atoms. The molecule has 31 heavy (non-hydrogen) atoms. The average molecular weight is 482 g/mol. The number of anilines is 2. The van der Waals surface area contributed by atoms with Gasteiger partial charge in [-0.3, -0.25) is 0 Å². The number of nitrogens with zero attached hydrogens (tertiary/aromatic N) is 1. The van der Waals surface area contributed by atoms with Gasteiger partial charge in [-0.2, -0.15) is 13.2 Å². The van der Waals surface area contributed by atoms with Crippen LogP contribution in [-0.4, -0.2) is 11.5 Å². The van der Waals surface area contributed by atoms with Gasteiger partial charge in [-0.25, -0.2) is 9.37 Å². The first-order valence-electron chi connectivity index (χ1n) is 10.0. The van der Waals surface area contributed by atoms with Crippen LogP contribution in [-0.2, 0) is 6.18 Å². The first kappa shape index (κ1) is 27.5. The average Bonchev–Trinajstić information content (AvgIpc) is 2.60. The molecule has 1 saturated carbocycles. The fraction of sp³-hybridized carbons (Fsp3) is 0.500. The van der Waals surface area contributed by atoms with Crippen LogP contribution in [0.3, 0.4) is 0 Å². The summed E-state index contributed by atoms with van der Waals surface area (Å²) in [5.41, 5.74) is 0.364. The van der Waals surface area contributed by atoms with Crippen LogP contribution >= 0.6 is 24.8 Å². The van der Waals surface area contributed by atoms with E-state index < -0.39 is 17.6 Å². The summed E-state index contributed by atoms with van der Waals surface area (Å²) < 4.78 is 53.7. The van der Waals surface area contributed by atoms with Crippen LogP contribution in [0.25, 0.3) is 0 Å². The minimum Gasteiger partial charge on any atom is -0.338 e. The molecule has 1 aliphatic rings. The molecule has 1 unspecified atom stereocenters. The van der Waals surface area contributed by atoms with Gasteiger partial charge in [0.25, 0.3) is 0 Å². The summed E-state index contributed by atoms with van der Waals surface area (Å²) in [4.78, 5) is 4.33. The molecule has 0 saturated heterocycles. The summed E-state index contributed by atoms with van der Waals surface area (Å²) in [6.45, 7) is 6.98. The van der Waals surface area contributed by atoms with E-state index in [1.54, 1.807) is 6.20 Å². The van der Waals surface area contributed by atoms with Crippen molar-refractivity contribution >= 4 is 36.3 Å². The third-order valence-corrected chi connectivity index (χ3v) is 5.57. The van der Waals surface area contributed by atoms with Gasteiger partial charge >= 0.3 is 6.18 Å². The van der Waals surface area contributed by atoms with Crippen LogP contribution in [0, 0.1) is 11.7 Å². The van der Waals surface area contributed by atoms with Crippen molar-refractivity contribution in [2.45, 2.75) is 58.2 Å². The first-order chi connectivity index (χ1) is 13.7. The lowest BCUT2D eigenvalue weighted by atomic mass is 9.85. The minimum absolute atomic E-state index is 0. The van der Waals surface area contributed by atoms with Gasteiger partial charge in [0, 0.05) is 17.8 Å². The van der Waals surface area contributed by atoms with E-state index in [0.717, 1.165) is 23.7 Å². The Morgan fingerprint density at radius 3 is 2.32 bits per heavy atom. The smallest absolute Gasteiger partial charge is 0.338 e. The fourth-order valence-corrected chi connectivity index (χ4v) is 3.66. The number of aromatic nitrogens is 1. The summed E-state index contributed by atoms with van der Waals surface area (Å²) in [6, 6.07) is 5.07. The maximum atomic E-state index is 14.5. The van der Waals surface area contributed by atoms with Crippen LogP contribution in [0.1, 0.15) is 68.7 Å². The summed E-state index contributed by atoms with van der Waals surface area (Å²) in [6.07, 6.45) is 0.530. The zero-order valence-electron chi connectivity index (χ0n) is 17.7. The van der Waals surface area contributed by atoms with Crippen LogP contribution < -0.4 is 10.6 Å². The number of benzene rings is 1. The lowest BCUT2D eigenvalue weighted by Crippen LogP contribution is -2.30. The standard InChI is InChI=1S/C22H27F4N3.2ClH/c1-13(2)16-10-11-27-21(19(16)14(3)28-12-15-6-4-7-15)29-18-9-5-8-17(20(18)23)22(24,25)26;;/h5,8-11,13-15,28H,4,6-7,12H2,1-3H3,(H,27,29);2*1H. The number of pyridine rings is 1. The topological polar surface area (TPSA) is 37.0 Å². The van der Waals surface area contributed by atoms with E-state index in [1.165, 1.54) is 31.4 Å². The van der Waals surface area contributed by atoms with Gasteiger partial charge in [-0.15, -0.1) is 24.8 Å². The Morgan fingerprint density at radius 1 is 1.10 bits per heavy atom. The lowest BCUT2D eigenvalue weighted by Gasteiger charge is -2.29. The molecule has 2 N–H and O–H groups in total. The highest BCUT2D eigenvalue weighted by Gasteiger charge is 2.35. The lowest BCUT2D eigenvalue weighted by molar-refractivity contribution is -0.139. The molecule has 1 fully saturated rings. The molecule has 0 radical (unpaired) electrons. The Labute approximate surface area is 193 Å². The van der Waals surface area contributed by atoms with Gasteiger partial charge in [0.05, 0.1) is 11.3 Å². The number of halogens is 6. The van der Waals surface area contributed by atoms with Gasteiger partial charge in [-0.05, 0) is 61.9 Å². The van der Waals surface area contributed by atoms with Gasteiger partial charge < -0.3 is 10.6 Å². The normalized spacial score (nSPS) is 15.0. The van der Waals surface area contributed by atoms with Crippen molar-refractivity contribution in [3.63, 3.8) is 0 Å². The van der Waals surface area contributed by atoms with Gasteiger partial charge in [0.15, 0.2) is 5.82 Å². The molecule has 3 rings (SSSR count). The molecule has 2 aromatic rings. The third-order valence-electron chi connectivity index (χ3n) is 5.57. The SMILES string of the molecule is CC(C)c1ccnc(Nc2cccc(C(F)(F)F)c2F)c1C(C)NCC1CCC1.Cl.Cl. The van der Waals surface area contributed by atoms with Crippen LogP contribution in [0.2, 0.25) is 0 Å².